The van der Waals surface area contributed by atoms with Crippen LogP contribution in [0.15, 0.2) is 24.3 Å². The SMILES string of the molecule is CN1C(=O)c2ccccc2CCC1C(=O)O. The molecule has 2 rings (SSSR count). The van der Waals surface area contributed by atoms with E-state index in [0.717, 1.165) is 5.56 Å². The Bertz CT molecular complexity index is 442. The van der Waals surface area contributed by atoms with Crippen LogP contribution in [-0.4, -0.2) is 35.0 Å². The van der Waals surface area contributed by atoms with Gasteiger partial charge in [0.15, 0.2) is 0 Å². The van der Waals surface area contributed by atoms with Crippen molar-refractivity contribution in [2.24, 2.45) is 0 Å². The first kappa shape index (κ1) is 10.7. The van der Waals surface area contributed by atoms with Crippen LogP contribution in [-0.2, 0) is 11.2 Å². The predicted octanol–water partition coefficient (Wildman–Crippen LogP) is 1.16. The number of hydrogen-bond donors (Lipinski definition) is 1. The summed E-state index contributed by atoms with van der Waals surface area (Å²) >= 11 is 0. The fourth-order valence-corrected chi connectivity index (χ4v) is 2.05. The number of nitrogens with zero attached hydrogens (tertiary/aromatic N) is 1. The minimum atomic E-state index is -0.941. The summed E-state index contributed by atoms with van der Waals surface area (Å²) in [6.45, 7) is 0. The first-order valence-corrected chi connectivity index (χ1v) is 5.19. The number of carboxylic acid groups (broad SMARTS) is 1. The first-order valence-electron chi connectivity index (χ1n) is 5.19. The van der Waals surface area contributed by atoms with Gasteiger partial charge in [-0.05, 0) is 24.5 Å². The Morgan fingerprint density at radius 3 is 2.81 bits per heavy atom. The molecule has 0 fully saturated rings. The minimum Gasteiger partial charge on any atom is -0.480 e. The summed E-state index contributed by atoms with van der Waals surface area (Å²) in [4.78, 5) is 24.3. The average molecular weight is 219 g/mol. The molecule has 84 valence electrons. The molecule has 0 aromatic heterocycles. The van der Waals surface area contributed by atoms with Gasteiger partial charge in [0.05, 0.1) is 0 Å². The highest BCUT2D eigenvalue weighted by Gasteiger charge is 2.31. The van der Waals surface area contributed by atoms with Crippen molar-refractivity contribution in [1.29, 1.82) is 0 Å². The van der Waals surface area contributed by atoms with Gasteiger partial charge >= 0.3 is 5.97 Å². The van der Waals surface area contributed by atoms with Crippen molar-refractivity contribution in [3.63, 3.8) is 0 Å². The highest BCUT2D eigenvalue weighted by molar-refractivity contribution is 5.98. The van der Waals surface area contributed by atoms with Gasteiger partial charge < -0.3 is 10.0 Å². The number of amides is 1. The lowest BCUT2D eigenvalue weighted by atomic mass is 10.0. The van der Waals surface area contributed by atoms with Crippen molar-refractivity contribution in [2.75, 3.05) is 7.05 Å². The molecular formula is C12H13NO3. The maximum Gasteiger partial charge on any atom is 0.326 e. The van der Waals surface area contributed by atoms with Gasteiger partial charge in [-0.3, -0.25) is 4.79 Å². The summed E-state index contributed by atoms with van der Waals surface area (Å²) < 4.78 is 0. The van der Waals surface area contributed by atoms with Crippen LogP contribution in [0, 0.1) is 0 Å². The number of carbonyl (C=O) groups is 2. The Hall–Kier alpha value is -1.84. The highest BCUT2D eigenvalue weighted by atomic mass is 16.4. The van der Waals surface area contributed by atoms with Gasteiger partial charge in [0.25, 0.3) is 5.91 Å². The van der Waals surface area contributed by atoms with E-state index in [4.69, 9.17) is 5.11 Å². The fraction of sp³-hybridized carbons (Fsp3) is 0.333. The average Bonchev–Trinajstić information content (AvgIpc) is 2.39. The molecule has 1 aliphatic heterocycles. The molecule has 1 unspecified atom stereocenters. The van der Waals surface area contributed by atoms with Crippen LogP contribution in [0.2, 0.25) is 0 Å². The number of aliphatic carboxylic acids is 1. The summed E-state index contributed by atoms with van der Waals surface area (Å²) in [5, 5.41) is 9.04. The zero-order valence-corrected chi connectivity index (χ0v) is 9.01. The van der Waals surface area contributed by atoms with Crippen molar-refractivity contribution in [3.05, 3.63) is 35.4 Å². The molecule has 1 N–H and O–H groups in total. The number of likely N-dealkylation sites (N-methyl/N-ethyl adjacent to an activating group) is 1. The summed E-state index contributed by atoms with van der Waals surface area (Å²) in [6.07, 6.45) is 1.10. The number of carbonyl (C=O) groups excluding carboxylic acids is 1. The molecule has 0 radical (unpaired) electrons. The number of carboxylic acids is 1. The quantitative estimate of drug-likeness (QED) is 0.771. The lowest BCUT2D eigenvalue weighted by Crippen LogP contribution is -2.41. The Labute approximate surface area is 93.5 Å². The molecule has 0 saturated carbocycles. The third kappa shape index (κ3) is 1.66. The topological polar surface area (TPSA) is 57.6 Å². The second-order valence-electron chi connectivity index (χ2n) is 3.97. The second-order valence-corrected chi connectivity index (χ2v) is 3.97. The molecule has 0 saturated heterocycles. The normalized spacial score (nSPS) is 20.2. The number of fused-ring (bicyclic) bond motifs is 1. The molecule has 1 aliphatic rings. The molecule has 1 atom stereocenters. The van der Waals surface area contributed by atoms with E-state index in [1.807, 2.05) is 12.1 Å². The summed E-state index contributed by atoms with van der Waals surface area (Å²) in [5.41, 5.74) is 1.55. The van der Waals surface area contributed by atoms with Crippen molar-refractivity contribution < 1.29 is 14.7 Å². The van der Waals surface area contributed by atoms with Crippen LogP contribution in [0.4, 0.5) is 0 Å². The van der Waals surface area contributed by atoms with Gasteiger partial charge in [0, 0.05) is 12.6 Å². The fourth-order valence-electron chi connectivity index (χ4n) is 2.05. The van der Waals surface area contributed by atoms with Crippen LogP contribution >= 0.6 is 0 Å². The smallest absolute Gasteiger partial charge is 0.326 e. The lowest BCUT2D eigenvalue weighted by Gasteiger charge is -2.21. The number of benzene rings is 1. The highest BCUT2D eigenvalue weighted by Crippen LogP contribution is 2.21. The minimum absolute atomic E-state index is 0.208. The molecule has 16 heavy (non-hydrogen) atoms. The van der Waals surface area contributed by atoms with Gasteiger partial charge in [-0.25, -0.2) is 4.79 Å². The van der Waals surface area contributed by atoms with Gasteiger partial charge in [0.2, 0.25) is 0 Å². The Balaban J connectivity index is 2.41. The molecule has 1 aromatic carbocycles. The van der Waals surface area contributed by atoms with Crippen molar-refractivity contribution in [2.45, 2.75) is 18.9 Å². The molecule has 0 bridgehead atoms. The summed E-state index contributed by atoms with van der Waals surface area (Å²) in [7, 11) is 1.54. The van der Waals surface area contributed by atoms with Crippen LogP contribution < -0.4 is 0 Å². The van der Waals surface area contributed by atoms with Crippen molar-refractivity contribution in [3.8, 4) is 0 Å². The number of rotatable bonds is 1. The van der Waals surface area contributed by atoms with Gasteiger partial charge in [-0.15, -0.1) is 0 Å². The van der Waals surface area contributed by atoms with Crippen LogP contribution in [0.1, 0.15) is 22.3 Å². The lowest BCUT2D eigenvalue weighted by molar-refractivity contribution is -0.142. The monoisotopic (exact) mass is 219 g/mol. The Morgan fingerprint density at radius 1 is 1.44 bits per heavy atom. The zero-order valence-electron chi connectivity index (χ0n) is 9.01. The van der Waals surface area contributed by atoms with Gasteiger partial charge in [0.1, 0.15) is 6.04 Å². The van der Waals surface area contributed by atoms with Crippen LogP contribution in [0.3, 0.4) is 0 Å². The third-order valence-corrected chi connectivity index (χ3v) is 3.01. The molecule has 0 spiro atoms. The van der Waals surface area contributed by atoms with E-state index in [1.165, 1.54) is 4.90 Å². The van der Waals surface area contributed by atoms with Crippen LogP contribution in [0.5, 0.6) is 0 Å². The molecule has 0 aliphatic carbocycles. The zero-order chi connectivity index (χ0) is 11.7. The largest absolute Gasteiger partial charge is 0.480 e. The van der Waals surface area contributed by atoms with E-state index in [0.29, 0.717) is 18.4 Å². The summed E-state index contributed by atoms with van der Waals surface area (Å²) in [5.74, 6) is -1.15. The van der Waals surface area contributed by atoms with E-state index in [-0.39, 0.29) is 5.91 Å². The second kappa shape index (κ2) is 3.96. The summed E-state index contributed by atoms with van der Waals surface area (Å²) in [6, 6.07) is 6.57. The first-order chi connectivity index (χ1) is 7.61. The molecule has 1 amide bonds. The molecule has 1 heterocycles. The van der Waals surface area contributed by atoms with Gasteiger partial charge in [-0.2, -0.15) is 0 Å². The van der Waals surface area contributed by atoms with E-state index < -0.39 is 12.0 Å². The number of aryl methyl sites for hydroxylation is 1. The Morgan fingerprint density at radius 2 is 2.12 bits per heavy atom. The third-order valence-electron chi connectivity index (χ3n) is 3.01. The molecule has 1 aromatic rings. The molecule has 4 nitrogen and oxygen atoms in total. The van der Waals surface area contributed by atoms with E-state index in [2.05, 4.69) is 0 Å². The van der Waals surface area contributed by atoms with Gasteiger partial charge in [-0.1, -0.05) is 18.2 Å². The van der Waals surface area contributed by atoms with E-state index >= 15 is 0 Å². The van der Waals surface area contributed by atoms with Crippen LogP contribution in [0.25, 0.3) is 0 Å². The maximum absolute atomic E-state index is 12.0. The maximum atomic E-state index is 12.0. The molecule has 4 heteroatoms. The van der Waals surface area contributed by atoms with E-state index in [1.54, 1.807) is 19.2 Å². The predicted molar refractivity (Wildman–Crippen MR) is 58.3 cm³/mol. The molecular weight excluding hydrogens is 206 g/mol. The van der Waals surface area contributed by atoms with Crippen molar-refractivity contribution >= 4 is 11.9 Å². The van der Waals surface area contributed by atoms with Crippen molar-refractivity contribution in [1.82, 2.24) is 4.90 Å². The Kier molecular flexibility index (Phi) is 2.64. The van der Waals surface area contributed by atoms with E-state index in [9.17, 15) is 9.59 Å². The number of hydrogen-bond acceptors (Lipinski definition) is 2. The standard InChI is InChI=1S/C12H13NO3/c1-13-10(12(15)16)7-6-8-4-2-3-5-9(8)11(13)14/h2-5,10H,6-7H2,1H3,(H,15,16).